The van der Waals surface area contributed by atoms with Crippen molar-refractivity contribution in [3.63, 3.8) is 0 Å². The zero-order valence-electron chi connectivity index (χ0n) is 14.4. The summed E-state index contributed by atoms with van der Waals surface area (Å²) in [5.41, 5.74) is 2.30. The molecule has 5 nitrogen and oxygen atoms in total. The number of pyridine rings is 2. The van der Waals surface area contributed by atoms with Crippen LogP contribution in [0, 0.1) is 5.92 Å². The maximum Gasteiger partial charge on any atom is 0.227 e. The van der Waals surface area contributed by atoms with Crippen molar-refractivity contribution >= 4 is 5.91 Å². The molecule has 2 atom stereocenters. The van der Waals surface area contributed by atoms with Crippen LogP contribution in [0.15, 0.2) is 49.1 Å². The molecular formula is C20H24N4O. The van der Waals surface area contributed by atoms with Crippen molar-refractivity contribution in [3.05, 3.63) is 60.2 Å². The van der Waals surface area contributed by atoms with Gasteiger partial charge in [-0.1, -0.05) is 6.07 Å². The lowest BCUT2D eigenvalue weighted by Gasteiger charge is -2.36. The molecule has 3 aliphatic heterocycles. The molecule has 5 heteroatoms. The highest BCUT2D eigenvalue weighted by Crippen LogP contribution is 2.29. The average Bonchev–Trinajstić information content (AvgIpc) is 2.94. The maximum absolute atomic E-state index is 12.9. The van der Waals surface area contributed by atoms with E-state index in [0.717, 1.165) is 38.2 Å². The Morgan fingerprint density at radius 2 is 1.88 bits per heavy atom. The van der Waals surface area contributed by atoms with E-state index in [0.29, 0.717) is 18.4 Å². The van der Waals surface area contributed by atoms with Crippen LogP contribution in [0.4, 0.5) is 0 Å². The topological polar surface area (TPSA) is 49.3 Å². The molecule has 2 bridgehead atoms. The molecule has 3 fully saturated rings. The lowest BCUT2D eigenvalue weighted by Crippen LogP contribution is -2.48. The van der Waals surface area contributed by atoms with Gasteiger partial charge in [-0.25, -0.2) is 0 Å². The normalized spacial score (nSPS) is 23.4. The molecule has 2 aromatic heterocycles. The van der Waals surface area contributed by atoms with E-state index >= 15 is 0 Å². The molecule has 25 heavy (non-hydrogen) atoms. The predicted octanol–water partition coefficient (Wildman–Crippen LogP) is 2.14. The zero-order chi connectivity index (χ0) is 17.1. The van der Waals surface area contributed by atoms with Gasteiger partial charge in [0.05, 0.1) is 6.42 Å². The SMILES string of the molecule is O=C(Cc1ccncc1)N1C[C@H]2CC[C@@H]1CN(Cc1cccnc1)C2. The van der Waals surface area contributed by atoms with E-state index < -0.39 is 0 Å². The van der Waals surface area contributed by atoms with Gasteiger partial charge in [0.15, 0.2) is 0 Å². The highest BCUT2D eigenvalue weighted by atomic mass is 16.2. The van der Waals surface area contributed by atoms with Crippen LogP contribution in [0.3, 0.4) is 0 Å². The third-order valence-electron chi connectivity index (χ3n) is 5.34. The second kappa shape index (κ2) is 7.31. The highest BCUT2D eigenvalue weighted by molar-refractivity contribution is 5.79. The smallest absolute Gasteiger partial charge is 0.227 e. The van der Waals surface area contributed by atoms with Gasteiger partial charge in [0.2, 0.25) is 5.91 Å². The quantitative estimate of drug-likeness (QED) is 0.858. The largest absolute Gasteiger partial charge is 0.338 e. The fourth-order valence-corrected chi connectivity index (χ4v) is 4.14. The third kappa shape index (κ3) is 3.87. The van der Waals surface area contributed by atoms with Gasteiger partial charge in [-0.15, -0.1) is 0 Å². The summed E-state index contributed by atoms with van der Waals surface area (Å²) in [5, 5.41) is 0. The number of carbonyl (C=O) groups excluding carboxylic acids is 1. The number of fused-ring (bicyclic) bond motifs is 4. The number of piperidine rings is 1. The number of hydrogen-bond donors (Lipinski definition) is 0. The van der Waals surface area contributed by atoms with Crippen molar-refractivity contribution in [2.45, 2.75) is 31.8 Å². The van der Waals surface area contributed by atoms with Crippen molar-refractivity contribution in [1.29, 1.82) is 0 Å². The number of amides is 1. The molecule has 0 spiro atoms. The van der Waals surface area contributed by atoms with Crippen molar-refractivity contribution in [1.82, 2.24) is 19.8 Å². The summed E-state index contributed by atoms with van der Waals surface area (Å²) in [6.45, 7) is 3.86. The first-order valence-corrected chi connectivity index (χ1v) is 9.07. The van der Waals surface area contributed by atoms with Gasteiger partial charge in [0, 0.05) is 57.0 Å². The number of carbonyl (C=O) groups is 1. The fraction of sp³-hybridized carbons (Fsp3) is 0.450. The second-order valence-electron chi connectivity index (χ2n) is 7.23. The fourth-order valence-electron chi connectivity index (χ4n) is 4.14. The van der Waals surface area contributed by atoms with Crippen molar-refractivity contribution < 1.29 is 4.79 Å². The second-order valence-corrected chi connectivity index (χ2v) is 7.23. The Morgan fingerprint density at radius 1 is 1.00 bits per heavy atom. The standard InChI is InChI=1S/C20H24N4O/c25-20(10-16-5-8-21-9-6-16)24-14-18-3-4-19(24)15-23(13-18)12-17-2-1-7-22-11-17/h1-2,5-9,11,18-19H,3-4,10,12-15H2/t18-,19+/m0/s1. The van der Waals surface area contributed by atoms with Gasteiger partial charge < -0.3 is 4.90 Å². The van der Waals surface area contributed by atoms with Gasteiger partial charge in [0.25, 0.3) is 0 Å². The Hall–Kier alpha value is -2.27. The lowest BCUT2D eigenvalue weighted by molar-refractivity contribution is -0.134. The summed E-state index contributed by atoms with van der Waals surface area (Å²) in [6.07, 6.45) is 10.1. The Labute approximate surface area is 148 Å². The molecule has 130 valence electrons. The Balaban J connectivity index is 1.43. The van der Waals surface area contributed by atoms with Crippen LogP contribution in [0.25, 0.3) is 0 Å². The minimum atomic E-state index is 0.254. The molecule has 3 aliphatic rings. The van der Waals surface area contributed by atoms with Crippen molar-refractivity contribution in [3.8, 4) is 0 Å². The first-order valence-electron chi connectivity index (χ1n) is 9.07. The van der Waals surface area contributed by atoms with Gasteiger partial charge in [-0.3, -0.25) is 19.7 Å². The molecular weight excluding hydrogens is 312 g/mol. The summed E-state index contributed by atoms with van der Waals surface area (Å²) < 4.78 is 0. The highest BCUT2D eigenvalue weighted by Gasteiger charge is 2.36. The van der Waals surface area contributed by atoms with Crippen LogP contribution in [0.2, 0.25) is 0 Å². The van der Waals surface area contributed by atoms with Gasteiger partial charge in [-0.2, -0.15) is 0 Å². The number of rotatable bonds is 4. The Morgan fingerprint density at radius 3 is 2.68 bits per heavy atom. The number of aromatic nitrogens is 2. The lowest BCUT2D eigenvalue weighted by atomic mass is 9.94. The minimum absolute atomic E-state index is 0.254. The first kappa shape index (κ1) is 16.2. The molecule has 3 saturated heterocycles. The summed E-state index contributed by atoms with van der Waals surface area (Å²) >= 11 is 0. The van der Waals surface area contributed by atoms with E-state index in [9.17, 15) is 4.79 Å². The van der Waals surface area contributed by atoms with Crippen LogP contribution in [-0.4, -0.2) is 51.4 Å². The van der Waals surface area contributed by atoms with E-state index in [-0.39, 0.29) is 5.91 Å². The van der Waals surface area contributed by atoms with Crippen LogP contribution in [0.1, 0.15) is 24.0 Å². The van der Waals surface area contributed by atoms with Gasteiger partial charge >= 0.3 is 0 Å². The van der Waals surface area contributed by atoms with Crippen LogP contribution < -0.4 is 0 Å². The molecule has 0 saturated carbocycles. The molecule has 0 radical (unpaired) electrons. The van der Waals surface area contributed by atoms with E-state index in [4.69, 9.17) is 0 Å². The first-order chi connectivity index (χ1) is 12.3. The Bertz CT molecular complexity index is 706. The van der Waals surface area contributed by atoms with Crippen molar-refractivity contribution in [2.24, 2.45) is 5.92 Å². The number of hydrogen-bond acceptors (Lipinski definition) is 4. The molecule has 0 unspecified atom stereocenters. The molecule has 5 heterocycles. The minimum Gasteiger partial charge on any atom is -0.338 e. The van der Waals surface area contributed by atoms with E-state index in [2.05, 4.69) is 25.8 Å². The Kier molecular flexibility index (Phi) is 4.74. The predicted molar refractivity (Wildman–Crippen MR) is 95.7 cm³/mol. The molecule has 0 aliphatic carbocycles. The van der Waals surface area contributed by atoms with Crippen molar-refractivity contribution in [2.75, 3.05) is 19.6 Å². The van der Waals surface area contributed by atoms with E-state index in [1.165, 1.54) is 12.0 Å². The van der Waals surface area contributed by atoms with Crippen LogP contribution in [-0.2, 0) is 17.8 Å². The van der Waals surface area contributed by atoms with E-state index in [1.807, 2.05) is 30.6 Å². The molecule has 0 N–H and O–H groups in total. The van der Waals surface area contributed by atoms with Crippen LogP contribution in [0.5, 0.6) is 0 Å². The van der Waals surface area contributed by atoms with E-state index in [1.54, 1.807) is 12.4 Å². The maximum atomic E-state index is 12.9. The average molecular weight is 336 g/mol. The zero-order valence-corrected chi connectivity index (χ0v) is 14.4. The summed E-state index contributed by atoms with van der Waals surface area (Å²) in [4.78, 5) is 25.7. The van der Waals surface area contributed by atoms with Crippen LogP contribution >= 0.6 is 0 Å². The van der Waals surface area contributed by atoms with Gasteiger partial charge in [0.1, 0.15) is 0 Å². The summed E-state index contributed by atoms with van der Waals surface area (Å²) in [6, 6.07) is 8.33. The molecule has 1 amide bonds. The summed E-state index contributed by atoms with van der Waals surface area (Å²) in [7, 11) is 0. The molecule has 2 aromatic rings. The third-order valence-corrected chi connectivity index (χ3v) is 5.34. The summed E-state index contributed by atoms with van der Waals surface area (Å²) in [5.74, 6) is 0.834. The van der Waals surface area contributed by atoms with Gasteiger partial charge in [-0.05, 0) is 48.1 Å². The molecule has 0 aromatic carbocycles. The number of nitrogens with zero attached hydrogens (tertiary/aromatic N) is 4. The molecule has 5 rings (SSSR count). The monoisotopic (exact) mass is 336 g/mol.